The van der Waals surface area contributed by atoms with E-state index in [1.54, 1.807) is 6.92 Å². The molecule has 2 aromatic rings. The molecule has 1 amide bonds. The largest absolute Gasteiger partial charge is 0.360 e. The van der Waals surface area contributed by atoms with E-state index in [4.69, 9.17) is 4.52 Å². The number of carbonyl (C=O) groups is 2. The SMILES string of the molecule is Cc1onc(-c2ccccc2)c1C(=O)N[C@H]1CCSC1=O. The first-order valence-corrected chi connectivity index (χ1v) is 7.64. The quantitative estimate of drug-likeness (QED) is 0.942. The van der Waals surface area contributed by atoms with E-state index in [0.717, 1.165) is 11.3 Å². The van der Waals surface area contributed by atoms with Gasteiger partial charge in [-0.15, -0.1) is 0 Å². The lowest BCUT2D eigenvalue weighted by molar-refractivity contribution is -0.112. The van der Waals surface area contributed by atoms with Crippen LogP contribution >= 0.6 is 11.8 Å². The van der Waals surface area contributed by atoms with Gasteiger partial charge in [-0.05, 0) is 13.3 Å². The summed E-state index contributed by atoms with van der Waals surface area (Å²) in [6.07, 6.45) is 0.667. The molecule has 108 valence electrons. The summed E-state index contributed by atoms with van der Waals surface area (Å²) in [6, 6.07) is 8.95. The van der Waals surface area contributed by atoms with E-state index < -0.39 is 6.04 Å². The number of carbonyl (C=O) groups excluding carboxylic acids is 2. The number of nitrogens with zero attached hydrogens (tertiary/aromatic N) is 1. The van der Waals surface area contributed by atoms with Gasteiger partial charge in [0.1, 0.15) is 17.0 Å². The second kappa shape index (κ2) is 5.73. The van der Waals surface area contributed by atoms with Crippen LogP contribution in [0, 0.1) is 6.92 Å². The smallest absolute Gasteiger partial charge is 0.257 e. The predicted molar refractivity (Wildman–Crippen MR) is 80.0 cm³/mol. The Balaban J connectivity index is 1.90. The van der Waals surface area contributed by atoms with Crippen molar-refractivity contribution in [3.8, 4) is 11.3 Å². The molecule has 1 atom stereocenters. The van der Waals surface area contributed by atoms with Gasteiger partial charge in [0.15, 0.2) is 0 Å². The standard InChI is InChI=1S/C15H14N2O3S/c1-9-12(14(18)16-11-7-8-21-15(11)19)13(17-20-9)10-5-3-2-4-6-10/h2-6,11H,7-8H2,1H3,(H,16,18)/t11-/m0/s1. The minimum Gasteiger partial charge on any atom is -0.360 e. The Bertz CT molecular complexity index is 681. The van der Waals surface area contributed by atoms with Gasteiger partial charge in [0.25, 0.3) is 5.91 Å². The van der Waals surface area contributed by atoms with Crippen molar-refractivity contribution in [3.63, 3.8) is 0 Å². The Morgan fingerprint density at radius 2 is 2.14 bits per heavy atom. The first kappa shape index (κ1) is 13.9. The molecule has 0 saturated carbocycles. The molecule has 2 heterocycles. The molecule has 0 bridgehead atoms. The number of thioether (sulfide) groups is 1. The molecule has 1 fully saturated rings. The number of nitrogens with one attached hydrogen (secondary N) is 1. The van der Waals surface area contributed by atoms with Gasteiger partial charge >= 0.3 is 0 Å². The molecule has 21 heavy (non-hydrogen) atoms. The second-order valence-electron chi connectivity index (χ2n) is 4.81. The third-order valence-corrected chi connectivity index (χ3v) is 4.39. The van der Waals surface area contributed by atoms with Crippen LogP contribution in [0.25, 0.3) is 11.3 Å². The van der Waals surface area contributed by atoms with Gasteiger partial charge in [-0.25, -0.2) is 0 Å². The summed E-state index contributed by atoms with van der Waals surface area (Å²) in [5, 5.41) is 6.76. The Morgan fingerprint density at radius 3 is 2.81 bits per heavy atom. The Kier molecular flexibility index (Phi) is 3.79. The van der Waals surface area contributed by atoms with Crippen LogP contribution in [0.4, 0.5) is 0 Å². The van der Waals surface area contributed by atoms with Gasteiger partial charge < -0.3 is 9.84 Å². The topological polar surface area (TPSA) is 72.2 Å². The van der Waals surface area contributed by atoms with Crippen molar-refractivity contribution in [2.24, 2.45) is 0 Å². The highest BCUT2D eigenvalue weighted by molar-refractivity contribution is 8.14. The monoisotopic (exact) mass is 302 g/mol. The van der Waals surface area contributed by atoms with Crippen molar-refractivity contribution in [1.29, 1.82) is 0 Å². The van der Waals surface area contributed by atoms with E-state index in [-0.39, 0.29) is 11.0 Å². The molecule has 1 aliphatic rings. The zero-order valence-corrected chi connectivity index (χ0v) is 12.3. The maximum absolute atomic E-state index is 12.4. The number of benzene rings is 1. The van der Waals surface area contributed by atoms with Crippen LogP contribution in [0.1, 0.15) is 22.5 Å². The van der Waals surface area contributed by atoms with Gasteiger partial charge in [0.05, 0.1) is 6.04 Å². The summed E-state index contributed by atoms with van der Waals surface area (Å²) in [6.45, 7) is 1.69. The average molecular weight is 302 g/mol. The molecule has 0 unspecified atom stereocenters. The van der Waals surface area contributed by atoms with Gasteiger partial charge in [0, 0.05) is 11.3 Å². The third-order valence-electron chi connectivity index (χ3n) is 3.38. The molecule has 1 saturated heterocycles. The van der Waals surface area contributed by atoms with E-state index in [1.807, 2.05) is 30.3 Å². The Morgan fingerprint density at radius 1 is 1.38 bits per heavy atom. The molecule has 1 aromatic carbocycles. The normalized spacial score (nSPS) is 18.0. The number of hydrogen-bond acceptors (Lipinski definition) is 5. The van der Waals surface area contributed by atoms with E-state index in [1.165, 1.54) is 11.8 Å². The molecule has 0 spiro atoms. The van der Waals surface area contributed by atoms with Crippen LogP contribution in [0.15, 0.2) is 34.9 Å². The third kappa shape index (κ3) is 2.71. The lowest BCUT2D eigenvalue weighted by Crippen LogP contribution is -2.37. The predicted octanol–water partition coefficient (Wildman–Crippen LogP) is 2.41. The first-order chi connectivity index (χ1) is 10.2. The molecular weight excluding hydrogens is 288 g/mol. The van der Waals surface area contributed by atoms with Crippen LogP contribution in [-0.4, -0.2) is 28.0 Å². The van der Waals surface area contributed by atoms with E-state index in [2.05, 4.69) is 10.5 Å². The lowest BCUT2D eigenvalue weighted by atomic mass is 10.1. The van der Waals surface area contributed by atoms with Crippen molar-refractivity contribution in [2.45, 2.75) is 19.4 Å². The second-order valence-corrected chi connectivity index (χ2v) is 5.91. The van der Waals surface area contributed by atoms with Gasteiger partial charge in [-0.2, -0.15) is 0 Å². The van der Waals surface area contributed by atoms with Crippen molar-refractivity contribution in [3.05, 3.63) is 41.7 Å². The molecule has 1 aromatic heterocycles. The van der Waals surface area contributed by atoms with Crippen LogP contribution in [0.2, 0.25) is 0 Å². The zero-order valence-electron chi connectivity index (χ0n) is 11.5. The highest BCUT2D eigenvalue weighted by Gasteiger charge is 2.30. The zero-order chi connectivity index (χ0) is 14.8. The molecule has 1 N–H and O–H groups in total. The lowest BCUT2D eigenvalue weighted by Gasteiger charge is -2.10. The van der Waals surface area contributed by atoms with Crippen LogP contribution in [0.5, 0.6) is 0 Å². The summed E-state index contributed by atoms with van der Waals surface area (Å²) in [4.78, 5) is 24.1. The molecular formula is C15H14N2O3S. The summed E-state index contributed by atoms with van der Waals surface area (Å²) < 4.78 is 5.16. The van der Waals surface area contributed by atoms with Crippen molar-refractivity contribution in [1.82, 2.24) is 10.5 Å². The summed E-state index contributed by atoms with van der Waals surface area (Å²) >= 11 is 1.26. The average Bonchev–Trinajstić information content (AvgIpc) is 3.06. The molecule has 3 rings (SSSR count). The van der Waals surface area contributed by atoms with Gasteiger partial charge in [-0.1, -0.05) is 47.3 Å². The minimum absolute atomic E-state index is 0.0127. The fraction of sp³-hybridized carbons (Fsp3) is 0.267. The summed E-state index contributed by atoms with van der Waals surface area (Å²) in [5.41, 5.74) is 1.71. The number of aromatic nitrogens is 1. The Hall–Kier alpha value is -2.08. The van der Waals surface area contributed by atoms with Crippen molar-refractivity contribution in [2.75, 3.05) is 5.75 Å². The van der Waals surface area contributed by atoms with Crippen molar-refractivity contribution >= 4 is 22.8 Å². The summed E-state index contributed by atoms with van der Waals surface area (Å²) in [5.74, 6) is 0.885. The van der Waals surface area contributed by atoms with E-state index in [9.17, 15) is 9.59 Å². The fourth-order valence-corrected chi connectivity index (χ4v) is 3.22. The van der Waals surface area contributed by atoms with Crippen molar-refractivity contribution < 1.29 is 14.1 Å². The number of amides is 1. The fourth-order valence-electron chi connectivity index (χ4n) is 2.29. The van der Waals surface area contributed by atoms with Gasteiger partial charge in [0.2, 0.25) is 5.12 Å². The molecule has 0 radical (unpaired) electrons. The van der Waals surface area contributed by atoms with Gasteiger partial charge in [-0.3, -0.25) is 9.59 Å². The number of aryl methyl sites for hydroxylation is 1. The Labute approximate surface area is 126 Å². The van der Waals surface area contributed by atoms with Crippen LogP contribution < -0.4 is 5.32 Å². The highest BCUT2D eigenvalue weighted by Crippen LogP contribution is 2.26. The molecule has 1 aliphatic heterocycles. The highest BCUT2D eigenvalue weighted by atomic mass is 32.2. The number of hydrogen-bond donors (Lipinski definition) is 1. The van der Waals surface area contributed by atoms with E-state index >= 15 is 0 Å². The van der Waals surface area contributed by atoms with Crippen LogP contribution in [0.3, 0.4) is 0 Å². The summed E-state index contributed by atoms with van der Waals surface area (Å²) in [7, 11) is 0. The molecule has 0 aliphatic carbocycles. The molecule has 6 heteroatoms. The maximum atomic E-state index is 12.4. The minimum atomic E-state index is -0.416. The maximum Gasteiger partial charge on any atom is 0.257 e. The van der Waals surface area contributed by atoms with E-state index in [0.29, 0.717) is 23.4 Å². The van der Waals surface area contributed by atoms with Crippen LogP contribution in [-0.2, 0) is 4.79 Å². The number of rotatable bonds is 3. The molecule has 5 nitrogen and oxygen atoms in total. The first-order valence-electron chi connectivity index (χ1n) is 6.66.